The molecule has 10 nitrogen and oxygen atoms in total. The molecule has 1 aromatic carbocycles. The molecular formula is C19H21N9O. The van der Waals surface area contributed by atoms with Crippen molar-refractivity contribution >= 4 is 23.4 Å². The Balaban J connectivity index is 1.40. The molecule has 1 amide bonds. The van der Waals surface area contributed by atoms with Crippen molar-refractivity contribution in [1.82, 2.24) is 35.1 Å². The molecule has 0 unspecified atom stereocenters. The Morgan fingerprint density at radius 3 is 2.76 bits per heavy atom. The van der Waals surface area contributed by atoms with Crippen molar-refractivity contribution in [3.63, 3.8) is 0 Å². The van der Waals surface area contributed by atoms with E-state index in [1.807, 2.05) is 24.3 Å². The first-order chi connectivity index (χ1) is 14.2. The first kappa shape index (κ1) is 18.5. The van der Waals surface area contributed by atoms with Crippen LogP contribution in [0.5, 0.6) is 0 Å². The lowest BCUT2D eigenvalue weighted by atomic mass is 10.1. The quantitative estimate of drug-likeness (QED) is 0.611. The normalized spacial score (nSPS) is 16.3. The van der Waals surface area contributed by atoms with Gasteiger partial charge in [0.15, 0.2) is 5.82 Å². The zero-order valence-corrected chi connectivity index (χ0v) is 15.8. The summed E-state index contributed by atoms with van der Waals surface area (Å²) in [5.41, 5.74) is 1.72. The monoisotopic (exact) mass is 391 g/mol. The Morgan fingerprint density at radius 1 is 1.21 bits per heavy atom. The minimum atomic E-state index is -0.0558. The van der Waals surface area contributed by atoms with E-state index in [4.69, 9.17) is 0 Å². The van der Waals surface area contributed by atoms with Gasteiger partial charge in [-0.1, -0.05) is 6.58 Å². The molecule has 3 aromatic rings. The van der Waals surface area contributed by atoms with Crippen LogP contribution in [0.3, 0.4) is 0 Å². The van der Waals surface area contributed by atoms with E-state index >= 15 is 0 Å². The second kappa shape index (κ2) is 8.46. The number of rotatable bonds is 6. The topological polar surface area (TPSA) is 114 Å². The number of hydrogen-bond donors (Lipinski definition) is 2. The number of likely N-dealkylation sites (tertiary alicyclic amines) is 1. The lowest BCUT2D eigenvalue weighted by molar-refractivity contribution is -0.127. The Kier molecular flexibility index (Phi) is 5.41. The maximum atomic E-state index is 11.8. The minimum Gasteiger partial charge on any atom is -0.348 e. The summed E-state index contributed by atoms with van der Waals surface area (Å²) in [7, 11) is 0. The number of nitrogens with zero attached hydrogens (tertiary/aromatic N) is 7. The van der Waals surface area contributed by atoms with Crippen LogP contribution < -0.4 is 10.6 Å². The second-order valence-corrected chi connectivity index (χ2v) is 6.63. The van der Waals surface area contributed by atoms with Crippen LogP contribution in [0, 0.1) is 0 Å². The molecule has 0 saturated carbocycles. The number of carbonyl (C=O) groups is 1. The van der Waals surface area contributed by atoms with E-state index in [-0.39, 0.29) is 11.9 Å². The minimum absolute atomic E-state index is 0.0558. The number of hydrogen-bond acceptors (Lipinski definition) is 8. The van der Waals surface area contributed by atoms with Crippen LogP contribution in [0.25, 0.3) is 5.69 Å². The summed E-state index contributed by atoms with van der Waals surface area (Å²) in [6.07, 6.45) is 8.02. The second-order valence-electron chi connectivity index (χ2n) is 6.63. The van der Waals surface area contributed by atoms with E-state index in [1.165, 1.54) is 6.08 Å². The fourth-order valence-electron chi connectivity index (χ4n) is 3.21. The molecule has 2 N–H and O–H groups in total. The molecule has 3 heterocycles. The largest absolute Gasteiger partial charge is 0.348 e. The number of nitrogens with one attached hydrogen (secondary N) is 2. The number of aromatic nitrogens is 6. The molecular weight excluding hydrogens is 370 g/mol. The maximum Gasteiger partial charge on any atom is 0.246 e. The number of benzene rings is 1. The highest BCUT2D eigenvalue weighted by atomic mass is 16.2. The van der Waals surface area contributed by atoms with Crippen molar-refractivity contribution in [1.29, 1.82) is 0 Å². The molecule has 10 heteroatoms. The van der Waals surface area contributed by atoms with Gasteiger partial charge in [-0.2, -0.15) is 25.1 Å². The van der Waals surface area contributed by atoms with Gasteiger partial charge in [0.05, 0.1) is 24.3 Å². The summed E-state index contributed by atoms with van der Waals surface area (Å²) in [6.45, 7) is 4.89. The Hall–Kier alpha value is -3.82. The lowest BCUT2D eigenvalue weighted by Gasteiger charge is -2.32. The number of carbonyl (C=O) groups excluding carboxylic acids is 1. The molecule has 0 aliphatic carbocycles. The van der Waals surface area contributed by atoms with Crippen LogP contribution >= 0.6 is 0 Å². The third-order valence-corrected chi connectivity index (χ3v) is 4.59. The van der Waals surface area contributed by atoms with Gasteiger partial charge in [0.25, 0.3) is 0 Å². The SMILES string of the molecule is C=CC(=O)N1CCC[C@@H](Nc2nncc(Nc3ccc(-n4nccn4)cc3)n2)C1. The highest BCUT2D eigenvalue weighted by Gasteiger charge is 2.22. The van der Waals surface area contributed by atoms with Crippen LogP contribution in [0.1, 0.15) is 12.8 Å². The van der Waals surface area contributed by atoms with E-state index in [2.05, 4.69) is 42.6 Å². The molecule has 29 heavy (non-hydrogen) atoms. The zero-order valence-electron chi connectivity index (χ0n) is 15.8. The molecule has 4 rings (SSSR count). The Labute approximate surface area is 167 Å². The van der Waals surface area contributed by atoms with Crippen LogP contribution in [0.4, 0.5) is 17.5 Å². The molecule has 0 bridgehead atoms. The Bertz CT molecular complexity index is 972. The fourth-order valence-corrected chi connectivity index (χ4v) is 3.21. The van der Waals surface area contributed by atoms with E-state index in [1.54, 1.807) is 28.3 Å². The molecule has 1 aliphatic heterocycles. The van der Waals surface area contributed by atoms with Gasteiger partial charge in [-0.3, -0.25) is 4.79 Å². The van der Waals surface area contributed by atoms with E-state index in [0.29, 0.717) is 18.3 Å². The van der Waals surface area contributed by atoms with Crippen LogP contribution in [0.2, 0.25) is 0 Å². The third kappa shape index (κ3) is 4.54. The van der Waals surface area contributed by atoms with Crippen LogP contribution in [-0.4, -0.2) is 60.1 Å². The molecule has 2 aromatic heterocycles. The van der Waals surface area contributed by atoms with Gasteiger partial charge in [0.2, 0.25) is 11.9 Å². The van der Waals surface area contributed by atoms with Crippen molar-refractivity contribution in [2.24, 2.45) is 0 Å². The van der Waals surface area contributed by atoms with E-state index in [9.17, 15) is 4.79 Å². The highest BCUT2D eigenvalue weighted by Crippen LogP contribution is 2.18. The standard InChI is InChI=1S/C19H21N9O/c1-2-18(29)27-11-3-4-15(13-27)24-19-25-17(12-20-26-19)23-14-5-7-16(8-6-14)28-21-9-10-22-28/h2,5-10,12,15H,1,3-4,11,13H2,(H2,23,24,25,26)/t15-/m1/s1. The molecule has 1 aliphatic rings. The lowest BCUT2D eigenvalue weighted by Crippen LogP contribution is -2.44. The summed E-state index contributed by atoms with van der Waals surface area (Å²) in [5.74, 6) is 0.937. The molecule has 0 radical (unpaired) electrons. The third-order valence-electron chi connectivity index (χ3n) is 4.59. The van der Waals surface area contributed by atoms with E-state index in [0.717, 1.165) is 30.8 Å². The van der Waals surface area contributed by atoms with Gasteiger partial charge in [-0.15, -0.1) is 5.10 Å². The van der Waals surface area contributed by atoms with Crippen molar-refractivity contribution in [2.75, 3.05) is 23.7 Å². The van der Waals surface area contributed by atoms with Gasteiger partial charge in [-0.25, -0.2) is 0 Å². The average molecular weight is 391 g/mol. The van der Waals surface area contributed by atoms with Crippen LogP contribution in [0.15, 0.2) is 55.5 Å². The molecule has 1 atom stereocenters. The molecule has 1 saturated heterocycles. The number of piperidine rings is 1. The first-order valence-corrected chi connectivity index (χ1v) is 9.32. The maximum absolute atomic E-state index is 11.8. The molecule has 0 spiro atoms. The number of amides is 1. The van der Waals surface area contributed by atoms with Crippen molar-refractivity contribution < 1.29 is 4.79 Å². The van der Waals surface area contributed by atoms with Crippen molar-refractivity contribution in [2.45, 2.75) is 18.9 Å². The summed E-state index contributed by atoms with van der Waals surface area (Å²) in [5, 5.41) is 22.8. The highest BCUT2D eigenvalue weighted by molar-refractivity contribution is 5.87. The van der Waals surface area contributed by atoms with Crippen LogP contribution in [-0.2, 0) is 4.79 Å². The smallest absolute Gasteiger partial charge is 0.246 e. The van der Waals surface area contributed by atoms with Crippen molar-refractivity contribution in [3.8, 4) is 5.69 Å². The Morgan fingerprint density at radius 2 is 2.00 bits per heavy atom. The first-order valence-electron chi connectivity index (χ1n) is 9.32. The summed E-state index contributed by atoms with van der Waals surface area (Å²) in [4.78, 5) is 19.6. The van der Waals surface area contributed by atoms with Gasteiger partial charge >= 0.3 is 0 Å². The van der Waals surface area contributed by atoms with Gasteiger partial charge in [0, 0.05) is 24.8 Å². The zero-order chi connectivity index (χ0) is 20.1. The van der Waals surface area contributed by atoms with Gasteiger partial charge in [-0.05, 0) is 43.2 Å². The van der Waals surface area contributed by atoms with Gasteiger partial charge in [0.1, 0.15) is 0 Å². The molecule has 1 fully saturated rings. The average Bonchev–Trinajstić information content (AvgIpc) is 3.29. The predicted molar refractivity (Wildman–Crippen MR) is 108 cm³/mol. The van der Waals surface area contributed by atoms with Crippen molar-refractivity contribution in [3.05, 3.63) is 55.5 Å². The summed E-state index contributed by atoms with van der Waals surface area (Å²) in [6, 6.07) is 7.71. The fraction of sp³-hybridized carbons (Fsp3) is 0.263. The number of anilines is 3. The summed E-state index contributed by atoms with van der Waals surface area (Å²) >= 11 is 0. The summed E-state index contributed by atoms with van der Waals surface area (Å²) < 4.78 is 0. The predicted octanol–water partition coefficient (Wildman–Crippen LogP) is 1.78. The van der Waals surface area contributed by atoms with Gasteiger partial charge < -0.3 is 15.5 Å². The van der Waals surface area contributed by atoms with E-state index < -0.39 is 0 Å². The molecule has 148 valence electrons.